The maximum atomic E-state index is 12.4. The molecule has 10 N–H and O–H groups in total. The molecule has 3 aliphatic heterocycles. The molecule has 6 aromatic rings. The standard InChI is InChI=1S/C17H20F3N5O2.C17H21F2N5O2.C16H19N5O2/c18-17(19,20)5-3-13(26)10-2-1-7-25(9-10)24-14-11-4-6-22-16(11)23-8-12(14)15(21)27;18-14(19)4-3-13(25)10-2-1-7-24(9-10)23-15-11-5-6-21-17(11)22-8-12(15)16(20)26;1-3-23-16(22)11-5-4-8-21(10-11)20-14-12-6-7-18-15(12)19-9-13(14)17-2/h4,6,8,10H,1-3,5,7,9H2,(H2,21,27)(H2,22,23,24);5-6,8,10,14H,1-4,7,9H2,(H2,20,26)(H2,21,22,23);6-7,9,11H,3-5,8,10H2,1H3,(H2,18,19,20)/t2*10-;11-/m000/s1. The number of hydrazine groups is 3. The van der Waals surface area contributed by atoms with Gasteiger partial charge in [0.2, 0.25) is 12.1 Å². The van der Waals surface area contributed by atoms with Gasteiger partial charge < -0.3 is 47.4 Å². The number of fused-ring (bicyclic) bond motifs is 3. The molecule has 0 unspecified atom stereocenters. The van der Waals surface area contributed by atoms with E-state index in [-0.39, 0.29) is 47.7 Å². The molecule has 21 nitrogen and oxygen atoms in total. The molecule has 6 aromatic heterocycles. The second-order valence-corrected chi connectivity index (χ2v) is 18.6. The van der Waals surface area contributed by atoms with E-state index in [4.69, 9.17) is 22.8 Å². The van der Waals surface area contributed by atoms with Crippen LogP contribution in [0.25, 0.3) is 37.9 Å². The highest BCUT2D eigenvalue weighted by Crippen LogP contribution is 2.34. The summed E-state index contributed by atoms with van der Waals surface area (Å²) in [5.41, 5.74) is 25.1. The summed E-state index contributed by atoms with van der Waals surface area (Å²) in [4.78, 5) is 84.8. The van der Waals surface area contributed by atoms with Gasteiger partial charge in [-0.15, -0.1) is 0 Å². The number of nitrogens with one attached hydrogen (secondary N) is 6. The first kappa shape index (κ1) is 56.0. The number of carbonyl (C=O) groups is 5. The molecular formula is C50H60F5N15O6. The minimum Gasteiger partial charge on any atom is -0.466 e. The van der Waals surface area contributed by atoms with Crippen LogP contribution in [0.4, 0.5) is 44.7 Å². The van der Waals surface area contributed by atoms with Gasteiger partial charge in [-0.1, -0.05) is 0 Å². The number of alkyl halides is 5. The number of pyridine rings is 3. The highest BCUT2D eigenvalue weighted by molar-refractivity contribution is 6.06. The monoisotopic (exact) mass is 1060 g/mol. The lowest BCUT2D eigenvalue weighted by molar-refractivity contribution is -0.149. The number of piperidine rings is 3. The molecule has 0 saturated carbocycles. The fourth-order valence-electron chi connectivity index (χ4n) is 9.44. The van der Waals surface area contributed by atoms with Gasteiger partial charge in [0.05, 0.1) is 53.7 Å². The molecule has 9 rings (SSSR count). The number of nitrogens with zero attached hydrogens (tertiary/aromatic N) is 7. The summed E-state index contributed by atoms with van der Waals surface area (Å²) in [5.74, 6) is -2.84. The average molecular weight is 1060 g/mol. The van der Waals surface area contributed by atoms with E-state index >= 15 is 0 Å². The molecule has 0 spiro atoms. The minimum absolute atomic E-state index is 0.111. The SMILES string of the molecule is NC(=O)c1cnc2[nH]ccc2c1NN1CCC[C@H](C(=O)CCC(F)(F)F)C1.NC(=O)c1cnc2[nH]ccc2c1NN1CCC[C@H](C(=O)CCC(F)F)C1.[C-]#[N+]c1cnc2[nH]ccc2c1NN1CCC[C@H](C(=O)OCC)C1. The summed E-state index contributed by atoms with van der Waals surface area (Å²) in [5, 5.41) is 7.82. The molecule has 406 valence electrons. The molecule has 0 bridgehead atoms. The van der Waals surface area contributed by atoms with Crippen LogP contribution in [0.2, 0.25) is 0 Å². The van der Waals surface area contributed by atoms with Crippen LogP contribution >= 0.6 is 0 Å². The zero-order valence-corrected chi connectivity index (χ0v) is 41.7. The van der Waals surface area contributed by atoms with Crippen LogP contribution < -0.4 is 27.7 Å². The first-order chi connectivity index (χ1) is 36.4. The second-order valence-electron chi connectivity index (χ2n) is 18.6. The third-order valence-corrected chi connectivity index (χ3v) is 13.3. The quantitative estimate of drug-likeness (QED) is 0.0247. The lowest BCUT2D eigenvalue weighted by Gasteiger charge is -2.33. The Balaban J connectivity index is 0.000000166. The number of esters is 1. The van der Waals surface area contributed by atoms with Crippen molar-refractivity contribution in [3.8, 4) is 0 Å². The number of amides is 2. The smallest absolute Gasteiger partial charge is 0.389 e. The number of aromatic amines is 3. The van der Waals surface area contributed by atoms with Crippen LogP contribution in [-0.2, 0) is 19.1 Å². The van der Waals surface area contributed by atoms with Crippen LogP contribution in [0.5, 0.6) is 0 Å². The Hall–Kier alpha value is -7.76. The van der Waals surface area contributed by atoms with E-state index in [1.807, 2.05) is 23.0 Å². The minimum atomic E-state index is -4.34. The number of ketones is 2. The molecule has 3 aliphatic rings. The Bertz CT molecular complexity index is 3040. The van der Waals surface area contributed by atoms with Crippen molar-refractivity contribution in [3.05, 3.63) is 77.9 Å². The number of halogens is 5. The third kappa shape index (κ3) is 14.5. The maximum absolute atomic E-state index is 12.4. The Kier molecular flexibility index (Phi) is 18.9. The van der Waals surface area contributed by atoms with Gasteiger partial charge in [-0.3, -0.25) is 29.0 Å². The molecule has 26 heteroatoms. The van der Waals surface area contributed by atoms with E-state index in [2.05, 4.69) is 51.0 Å². The van der Waals surface area contributed by atoms with Crippen molar-refractivity contribution in [2.24, 2.45) is 29.2 Å². The number of hydrogen-bond donors (Lipinski definition) is 8. The number of H-pyrrole nitrogens is 3. The molecule has 0 aromatic carbocycles. The lowest BCUT2D eigenvalue weighted by atomic mass is 9.92. The fourth-order valence-corrected chi connectivity index (χ4v) is 9.44. The Labute approximate surface area is 432 Å². The summed E-state index contributed by atoms with van der Waals surface area (Å²) < 4.78 is 66.9. The van der Waals surface area contributed by atoms with E-state index in [9.17, 15) is 45.9 Å². The topological polar surface area (TPSA) is 283 Å². The van der Waals surface area contributed by atoms with E-state index < -0.39 is 55.4 Å². The summed E-state index contributed by atoms with van der Waals surface area (Å²) in [6.45, 7) is 12.9. The van der Waals surface area contributed by atoms with Crippen molar-refractivity contribution in [3.63, 3.8) is 0 Å². The third-order valence-electron chi connectivity index (χ3n) is 13.3. The van der Waals surface area contributed by atoms with Gasteiger partial charge in [0.25, 0.3) is 11.8 Å². The molecule has 3 saturated heterocycles. The number of nitrogens with two attached hydrogens (primary N) is 2. The summed E-state index contributed by atoms with van der Waals surface area (Å²) >= 11 is 0. The van der Waals surface area contributed by atoms with Crippen LogP contribution in [0, 0.1) is 24.3 Å². The maximum Gasteiger partial charge on any atom is 0.389 e. The van der Waals surface area contributed by atoms with E-state index in [1.165, 1.54) is 12.4 Å². The summed E-state index contributed by atoms with van der Waals surface area (Å²) in [6.07, 6.45) is 4.96. The number of primary amides is 2. The Morgan fingerprint density at radius 1 is 0.697 bits per heavy atom. The predicted octanol–water partition coefficient (Wildman–Crippen LogP) is 7.64. The molecule has 76 heavy (non-hydrogen) atoms. The van der Waals surface area contributed by atoms with E-state index in [1.54, 1.807) is 41.9 Å². The van der Waals surface area contributed by atoms with Gasteiger partial charge in [0.1, 0.15) is 28.5 Å². The zero-order chi connectivity index (χ0) is 54.5. The zero-order valence-electron chi connectivity index (χ0n) is 41.7. The van der Waals surface area contributed by atoms with Crippen LogP contribution in [0.1, 0.15) is 91.8 Å². The number of ether oxygens (including phenoxy) is 1. The Morgan fingerprint density at radius 3 is 1.55 bits per heavy atom. The molecule has 0 radical (unpaired) electrons. The van der Waals surface area contributed by atoms with E-state index in [0.29, 0.717) is 91.2 Å². The van der Waals surface area contributed by atoms with Gasteiger partial charge in [-0.05, 0) is 63.6 Å². The molecule has 0 aliphatic carbocycles. The fraction of sp³-hybridized carbons (Fsp3) is 0.460. The lowest BCUT2D eigenvalue weighted by Crippen LogP contribution is -2.42. The van der Waals surface area contributed by atoms with Gasteiger partial charge >= 0.3 is 12.1 Å². The highest BCUT2D eigenvalue weighted by Gasteiger charge is 2.33. The van der Waals surface area contributed by atoms with Gasteiger partial charge in [-0.25, -0.2) is 38.6 Å². The molecule has 9 heterocycles. The number of aromatic nitrogens is 6. The van der Waals surface area contributed by atoms with Crippen molar-refractivity contribution >= 4 is 85.2 Å². The molecule has 3 atom stereocenters. The van der Waals surface area contributed by atoms with Crippen molar-refractivity contribution < 1.29 is 50.7 Å². The van der Waals surface area contributed by atoms with Gasteiger partial charge in [0, 0.05) is 124 Å². The number of carbonyl (C=O) groups excluding carboxylic acids is 5. The predicted molar refractivity (Wildman–Crippen MR) is 273 cm³/mol. The van der Waals surface area contributed by atoms with E-state index in [0.717, 1.165) is 42.5 Å². The largest absolute Gasteiger partial charge is 0.466 e. The number of hydrogen-bond acceptors (Lipinski definition) is 15. The first-order valence-corrected chi connectivity index (χ1v) is 24.9. The molecular weight excluding hydrogens is 1000 g/mol. The highest BCUT2D eigenvalue weighted by atomic mass is 19.4. The molecule has 3 fully saturated rings. The first-order valence-electron chi connectivity index (χ1n) is 24.9. The van der Waals surface area contributed by atoms with Gasteiger partial charge in [-0.2, -0.15) is 13.2 Å². The summed E-state index contributed by atoms with van der Waals surface area (Å²) in [7, 11) is 0. The summed E-state index contributed by atoms with van der Waals surface area (Å²) in [6, 6.07) is 5.42. The normalized spacial score (nSPS) is 18.5. The van der Waals surface area contributed by atoms with Crippen molar-refractivity contribution in [1.82, 2.24) is 44.9 Å². The Morgan fingerprint density at radius 2 is 1.12 bits per heavy atom. The van der Waals surface area contributed by atoms with Crippen molar-refractivity contribution in [1.29, 1.82) is 0 Å². The average Bonchev–Trinajstić information content (AvgIpc) is 4.21. The number of rotatable bonds is 17. The van der Waals surface area contributed by atoms with Crippen LogP contribution in [0.15, 0.2) is 55.4 Å². The van der Waals surface area contributed by atoms with Gasteiger partial charge in [0.15, 0.2) is 0 Å². The molecule has 2 amide bonds. The van der Waals surface area contributed by atoms with Crippen LogP contribution in [0.3, 0.4) is 0 Å². The van der Waals surface area contributed by atoms with Crippen molar-refractivity contribution in [2.45, 2.75) is 83.7 Å². The second kappa shape index (κ2) is 25.7. The number of Topliss-reactive ketones (excluding diaryl/α,β-unsaturated/α-hetero) is 2. The number of anilines is 3. The van der Waals surface area contributed by atoms with Crippen molar-refractivity contribution in [2.75, 3.05) is 62.2 Å². The van der Waals surface area contributed by atoms with Crippen LogP contribution in [-0.4, -0.2) is 133 Å².